The van der Waals surface area contributed by atoms with Gasteiger partial charge in [0.25, 0.3) is 0 Å². The Labute approximate surface area is 474 Å². The summed E-state index contributed by atoms with van der Waals surface area (Å²) in [5.41, 5.74) is 0. The molecule has 77 heavy (non-hydrogen) atoms. The van der Waals surface area contributed by atoms with Crippen molar-refractivity contribution in [1.29, 1.82) is 0 Å². The molecule has 6 nitrogen and oxygen atoms in total. The minimum atomic E-state index is -0.807. The molecule has 1 unspecified atom stereocenters. The van der Waals surface area contributed by atoms with E-state index in [1.165, 1.54) is 77.0 Å². The Morgan fingerprint density at radius 3 is 0.818 bits per heavy atom. The van der Waals surface area contributed by atoms with E-state index in [4.69, 9.17) is 14.2 Å². The summed E-state index contributed by atoms with van der Waals surface area (Å²) in [7, 11) is 0. The molecule has 0 aliphatic heterocycles. The maximum absolute atomic E-state index is 12.9. The Morgan fingerprint density at radius 2 is 0.506 bits per heavy atom. The van der Waals surface area contributed by atoms with Gasteiger partial charge in [-0.2, -0.15) is 0 Å². The number of esters is 3. The number of hydrogen-bond acceptors (Lipinski definition) is 6. The van der Waals surface area contributed by atoms with Gasteiger partial charge in [0.1, 0.15) is 13.2 Å². The van der Waals surface area contributed by atoms with Crippen molar-refractivity contribution in [3.8, 4) is 0 Å². The van der Waals surface area contributed by atoms with Crippen LogP contribution in [0.25, 0.3) is 0 Å². The number of rotatable bonds is 55. The van der Waals surface area contributed by atoms with E-state index in [-0.39, 0.29) is 37.5 Å². The molecule has 0 fully saturated rings. The van der Waals surface area contributed by atoms with Crippen LogP contribution in [0.5, 0.6) is 0 Å². The summed E-state index contributed by atoms with van der Waals surface area (Å²) in [5.74, 6) is -0.950. The van der Waals surface area contributed by atoms with Crippen molar-refractivity contribution in [1.82, 2.24) is 0 Å². The lowest BCUT2D eigenvalue weighted by Gasteiger charge is -2.18. The van der Waals surface area contributed by atoms with Gasteiger partial charge in [-0.1, -0.05) is 256 Å². The Balaban J connectivity index is 4.34. The van der Waals surface area contributed by atoms with Gasteiger partial charge in [-0.05, 0) is 135 Å². The smallest absolute Gasteiger partial charge is 0.306 e. The molecule has 0 aliphatic carbocycles. The first-order valence-electron chi connectivity index (χ1n) is 31.3. The molecule has 434 valence electrons. The van der Waals surface area contributed by atoms with Crippen LogP contribution < -0.4 is 0 Å². The second kappa shape index (κ2) is 63.8. The Bertz CT molecular complexity index is 1700. The van der Waals surface area contributed by atoms with E-state index in [0.717, 1.165) is 148 Å². The van der Waals surface area contributed by atoms with Crippen LogP contribution in [-0.2, 0) is 28.6 Å². The third-order valence-electron chi connectivity index (χ3n) is 12.8. The fraction of sp³-hybridized carbons (Fsp3) is 0.620. The first-order valence-corrected chi connectivity index (χ1v) is 31.3. The van der Waals surface area contributed by atoms with Crippen molar-refractivity contribution >= 4 is 17.9 Å². The molecule has 0 saturated carbocycles. The summed E-state index contributed by atoms with van der Waals surface area (Å²) in [4.78, 5) is 38.2. The summed E-state index contributed by atoms with van der Waals surface area (Å²) in [6, 6.07) is 0. The average molecular weight is 1060 g/mol. The van der Waals surface area contributed by atoms with Gasteiger partial charge in [-0.15, -0.1) is 0 Å². The molecule has 0 spiro atoms. The highest BCUT2D eigenvalue weighted by atomic mass is 16.6. The second-order valence-electron chi connectivity index (χ2n) is 20.2. The van der Waals surface area contributed by atoms with Crippen LogP contribution >= 0.6 is 0 Å². The lowest BCUT2D eigenvalue weighted by atomic mass is 10.1. The van der Waals surface area contributed by atoms with Crippen LogP contribution in [0.3, 0.4) is 0 Å². The first kappa shape index (κ1) is 72.3. The van der Waals surface area contributed by atoms with E-state index in [2.05, 4.69) is 167 Å². The SMILES string of the molecule is CC/C=C\C/C=C\C/C=C\C/C=C\C/C=C\C/C=C\CCCCCCCCCCCCC(=O)OCC(COC(=O)CCCCCCC/C=C\CCCC)OC(=O)CCCCC/C=C\C/C=C\C/C=C\C/C=C\C/C=C\CC. The molecule has 0 saturated heterocycles. The monoisotopic (exact) mass is 1060 g/mol. The zero-order valence-corrected chi connectivity index (χ0v) is 49.7. The molecule has 0 bridgehead atoms. The minimum Gasteiger partial charge on any atom is -0.462 e. The number of ether oxygens (including phenoxy) is 3. The number of allylic oxidation sites excluding steroid dienone is 24. The predicted molar refractivity (Wildman–Crippen MR) is 334 cm³/mol. The normalized spacial score (nSPS) is 13.1. The van der Waals surface area contributed by atoms with Crippen molar-refractivity contribution in [2.24, 2.45) is 0 Å². The van der Waals surface area contributed by atoms with Gasteiger partial charge in [0, 0.05) is 19.3 Å². The maximum Gasteiger partial charge on any atom is 0.306 e. The van der Waals surface area contributed by atoms with Crippen molar-refractivity contribution in [2.45, 2.75) is 271 Å². The minimum absolute atomic E-state index is 0.101. The third kappa shape index (κ3) is 62.0. The predicted octanol–water partition coefficient (Wildman–Crippen LogP) is 21.5. The summed E-state index contributed by atoms with van der Waals surface area (Å²) >= 11 is 0. The van der Waals surface area contributed by atoms with Crippen LogP contribution in [-0.4, -0.2) is 37.2 Å². The van der Waals surface area contributed by atoms with Gasteiger partial charge in [0.2, 0.25) is 0 Å². The Morgan fingerprint density at radius 1 is 0.273 bits per heavy atom. The number of hydrogen-bond donors (Lipinski definition) is 0. The average Bonchev–Trinajstić information content (AvgIpc) is 3.43. The highest BCUT2D eigenvalue weighted by molar-refractivity contribution is 5.71. The Kier molecular flexibility index (Phi) is 59.9. The van der Waals surface area contributed by atoms with Crippen LogP contribution in [0.2, 0.25) is 0 Å². The summed E-state index contributed by atoms with van der Waals surface area (Å²) in [5, 5.41) is 0. The lowest BCUT2D eigenvalue weighted by Crippen LogP contribution is -2.30. The van der Waals surface area contributed by atoms with Gasteiger partial charge in [0.05, 0.1) is 0 Å². The van der Waals surface area contributed by atoms with Crippen LogP contribution in [0.15, 0.2) is 146 Å². The van der Waals surface area contributed by atoms with Crippen LogP contribution in [0, 0.1) is 0 Å². The molecule has 0 heterocycles. The molecule has 0 aromatic heterocycles. The molecular weight excluding hydrogens is 949 g/mol. The van der Waals surface area contributed by atoms with E-state index < -0.39 is 6.10 Å². The molecule has 0 aromatic carbocycles. The summed E-state index contributed by atoms with van der Waals surface area (Å²) in [6.07, 6.45) is 91.4. The molecule has 0 aliphatic rings. The van der Waals surface area contributed by atoms with E-state index in [0.29, 0.717) is 12.8 Å². The van der Waals surface area contributed by atoms with E-state index in [9.17, 15) is 14.4 Å². The van der Waals surface area contributed by atoms with Crippen molar-refractivity contribution < 1.29 is 28.6 Å². The lowest BCUT2D eigenvalue weighted by molar-refractivity contribution is -0.167. The zero-order valence-electron chi connectivity index (χ0n) is 49.7. The van der Waals surface area contributed by atoms with Gasteiger partial charge < -0.3 is 14.2 Å². The summed E-state index contributed by atoms with van der Waals surface area (Å²) < 4.78 is 16.8. The van der Waals surface area contributed by atoms with Gasteiger partial charge in [-0.3, -0.25) is 14.4 Å². The second-order valence-corrected chi connectivity index (χ2v) is 20.2. The molecule has 0 radical (unpaired) electrons. The molecule has 0 rings (SSSR count). The van der Waals surface area contributed by atoms with Crippen LogP contribution in [0.4, 0.5) is 0 Å². The quantitative estimate of drug-likeness (QED) is 0.0261. The number of carbonyl (C=O) groups is 3. The van der Waals surface area contributed by atoms with Crippen LogP contribution in [0.1, 0.15) is 265 Å². The molecular formula is C71H114O6. The van der Waals surface area contributed by atoms with E-state index in [1.54, 1.807) is 0 Å². The van der Waals surface area contributed by atoms with E-state index in [1.807, 2.05) is 0 Å². The maximum atomic E-state index is 12.9. The van der Waals surface area contributed by atoms with Crippen molar-refractivity contribution in [2.75, 3.05) is 13.2 Å². The standard InChI is InChI=1S/C71H114O6/c1-4-7-10-13-16-19-22-24-26-28-30-31-32-33-34-35-36-37-38-39-41-42-44-46-49-52-55-58-61-64-70(73)76-67-68(66-75-69(72)63-60-57-54-51-48-21-18-15-12-9-6-3)77-71(74)65-62-59-56-53-50-47-45-43-40-29-27-25-23-20-17-14-11-8-5-2/h7-8,10-11,15-20,24-27,30-31,33-34,36-37,40,43,47,50,68H,4-6,9,12-14,21-23,28-29,32,35,38-39,41-42,44-46,48-49,51-67H2,1-3H3/b10-7-,11-8-,18-15-,19-16-,20-17-,26-24-,27-25-,31-30-,34-33-,37-36-,43-40-,50-47-. The molecule has 6 heteroatoms. The fourth-order valence-corrected chi connectivity index (χ4v) is 8.16. The first-order chi connectivity index (χ1) is 38.0. The molecule has 0 amide bonds. The van der Waals surface area contributed by atoms with Gasteiger partial charge in [-0.25, -0.2) is 0 Å². The molecule has 0 N–H and O–H groups in total. The molecule has 0 aromatic rings. The van der Waals surface area contributed by atoms with Crippen molar-refractivity contribution in [3.05, 3.63) is 146 Å². The van der Waals surface area contributed by atoms with Crippen molar-refractivity contribution in [3.63, 3.8) is 0 Å². The van der Waals surface area contributed by atoms with Gasteiger partial charge >= 0.3 is 17.9 Å². The van der Waals surface area contributed by atoms with E-state index >= 15 is 0 Å². The highest BCUT2D eigenvalue weighted by Gasteiger charge is 2.19. The topological polar surface area (TPSA) is 78.9 Å². The van der Waals surface area contributed by atoms with Gasteiger partial charge in [0.15, 0.2) is 6.10 Å². The third-order valence-corrected chi connectivity index (χ3v) is 12.8. The largest absolute Gasteiger partial charge is 0.462 e. The summed E-state index contributed by atoms with van der Waals surface area (Å²) in [6.45, 7) is 6.33. The zero-order chi connectivity index (χ0) is 55.7. The highest BCUT2D eigenvalue weighted by Crippen LogP contribution is 2.15. The fourth-order valence-electron chi connectivity index (χ4n) is 8.16. The molecule has 1 atom stereocenters. The Hall–Kier alpha value is -4.71. The number of carbonyl (C=O) groups excluding carboxylic acids is 3. The number of unbranched alkanes of at least 4 members (excludes halogenated alkanes) is 20.